The van der Waals surface area contributed by atoms with Gasteiger partial charge in [-0.05, 0) is 37.3 Å². The molecular weight excluding hydrogens is 182 g/mol. The average Bonchev–Trinajstić information content (AvgIpc) is 2.32. The van der Waals surface area contributed by atoms with Crippen molar-refractivity contribution >= 4 is 0 Å². The van der Waals surface area contributed by atoms with Gasteiger partial charge in [-0.3, -0.25) is 0 Å². The lowest BCUT2D eigenvalue weighted by Crippen LogP contribution is -2.33. The zero-order valence-corrected chi connectivity index (χ0v) is 9.58. The first-order valence-corrected chi connectivity index (χ1v) is 6.18. The molecule has 1 heteroatoms. The first kappa shape index (κ1) is 10.7. The van der Waals surface area contributed by atoms with Gasteiger partial charge in [-0.15, -0.1) is 0 Å². The summed E-state index contributed by atoms with van der Waals surface area (Å²) in [7, 11) is 0. The van der Waals surface area contributed by atoms with Crippen LogP contribution in [0.25, 0.3) is 0 Å². The summed E-state index contributed by atoms with van der Waals surface area (Å²) >= 11 is 0. The topological polar surface area (TPSA) is 12.0 Å². The Labute approximate surface area is 92.9 Å². The summed E-state index contributed by atoms with van der Waals surface area (Å²) in [5.41, 5.74) is 1.45. The van der Waals surface area contributed by atoms with Gasteiger partial charge < -0.3 is 5.32 Å². The number of piperidine rings is 1. The second kappa shape index (κ2) is 5.32. The molecule has 0 aliphatic carbocycles. The Bertz CT molecular complexity index is 273. The third kappa shape index (κ3) is 2.82. The van der Waals surface area contributed by atoms with Crippen LogP contribution in [0.15, 0.2) is 30.3 Å². The Morgan fingerprint density at radius 1 is 1.20 bits per heavy atom. The molecule has 1 fully saturated rings. The van der Waals surface area contributed by atoms with E-state index in [2.05, 4.69) is 42.6 Å². The first-order valence-electron chi connectivity index (χ1n) is 6.18. The standard InChI is InChI=1S/C14H21N/c1-2-6-12-9-10-14(15-11-12)13-7-4-3-5-8-13/h3-5,7-8,12,14-15H,2,6,9-11H2,1H3. The van der Waals surface area contributed by atoms with Gasteiger partial charge >= 0.3 is 0 Å². The van der Waals surface area contributed by atoms with Crippen LogP contribution < -0.4 is 5.32 Å². The van der Waals surface area contributed by atoms with Crippen LogP contribution in [0.5, 0.6) is 0 Å². The Balaban J connectivity index is 1.88. The van der Waals surface area contributed by atoms with Crippen LogP contribution in [0, 0.1) is 5.92 Å². The van der Waals surface area contributed by atoms with Gasteiger partial charge in [0.25, 0.3) is 0 Å². The van der Waals surface area contributed by atoms with Crippen molar-refractivity contribution in [2.75, 3.05) is 6.54 Å². The van der Waals surface area contributed by atoms with E-state index < -0.39 is 0 Å². The molecule has 1 N–H and O–H groups in total. The molecule has 1 saturated heterocycles. The van der Waals surface area contributed by atoms with Crippen LogP contribution in [-0.2, 0) is 0 Å². The lowest BCUT2D eigenvalue weighted by atomic mass is 9.88. The summed E-state index contributed by atoms with van der Waals surface area (Å²) in [6.07, 6.45) is 5.39. The van der Waals surface area contributed by atoms with Gasteiger partial charge in [0.2, 0.25) is 0 Å². The van der Waals surface area contributed by atoms with E-state index in [1.165, 1.54) is 37.8 Å². The van der Waals surface area contributed by atoms with Crippen LogP contribution >= 0.6 is 0 Å². The molecule has 82 valence electrons. The SMILES string of the molecule is CCCC1CCC(c2ccccc2)NC1. The molecule has 1 aromatic rings. The largest absolute Gasteiger partial charge is 0.310 e. The predicted octanol–water partition coefficient (Wildman–Crippen LogP) is 3.53. The molecule has 2 atom stereocenters. The third-order valence-electron chi connectivity index (χ3n) is 3.42. The van der Waals surface area contributed by atoms with Gasteiger partial charge in [0, 0.05) is 6.04 Å². The third-order valence-corrected chi connectivity index (χ3v) is 3.42. The van der Waals surface area contributed by atoms with Crippen molar-refractivity contribution in [1.82, 2.24) is 5.32 Å². The molecule has 0 bridgehead atoms. The van der Waals surface area contributed by atoms with Gasteiger partial charge in [-0.1, -0.05) is 43.7 Å². The molecule has 1 aliphatic rings. The van der Waals surface area contributed by atoms with E-state index in [1.54, 1.807) is 0 Å². The van der Waals surface area contributed by atoms with Crippen molar-refractivity contribution in [2.45, 2.75) is 38.6 Å². The number of hydrogen-bond acceptors (Lipinski definition) is 1. The highest BCUT2D eigenvalue weighted by molar-refractivity contribution is 5.19. The summed E-state index contributed by atoms with van der Waals surface area (Å²) in [5.74, 6) is 0.912. The van der Waals surface area contributed by atoms with E-state index in [0.29, 0.717) is 6.04 Å². The fraction of sp³-hybridized carbons (Fsp3) is 0.571. The van der Waals surface area contributed by atoms with E-state index in [4.69, 9.17) is 0 Å². The molecule has 0 spiro atoms. The number of hydrogen-bond donors (Lipinski definition) is 1. The Morgan fingerprint density at radius 2 is 2.00 bits per heavy atom. The summed E-state index contributed by atoms with van der Waals surface area (Å²) in [6.45, 7) is 3.48. The minimum absolute atomic E-state index is 0.597. The molecule has 1 nitrogen and oxygen atoms in total. The molecule has 0 radical (unpaired) electrons. The number of nitrogens with one attached hydrogen (secondary N) is 1. The Morgan fingerprint density at radius 3 is 2.60 bits per heavy atom. The fourth-order valence-corrected chi connectivity index (χ4v) is 2.54. The summed E-state index contributed by atoms with van der Waals surface area (Å²) in [5, 5.41) is 3.67. The molecule has 0 saturated carbocycles. The minimum Gasteiger partial charge on any atom is -0.310 e. The molecule has 0 aromatic heterocycles. The Hall–Kier alpha value is -0.820. The quantitative estimate of drug-likeness (QED) is 0.792. The fourth-order valence-electron chi connectivity index (χ4n) is 2.54. The molecule has 0 amide bonds. The van der Waals surface area contributed by atoms with Crippen molar-refractivity contribution < 1.29 is 0 Å². The van der Waals surface area contributed by atoms with Crippen molar-refractivity contribution in [3.05, 3.63) is 35.9 Å². The maximum Gasteiger partial charge on any atom is 0.0320 e. The van der Waals surface area contributed by atoms with E-state index in [0.717, 1.165) is 5.92 Å². The molecule has 1 aliphatic heterocycles. The maximum absolute atomic E-state index is 3.67. The highest BCUT2D eigenvalue weighted by atomic mass is 14.9. The second-order valence-corrected chi connectivity index (χ2v) is 4.60. The van der Waals surface area contributed by atoms with Gasteiger partial charge in [0.1, 0.15) is 0 Å². The zero-order chi connectivity index (χ0) is 10.5. The van der Waals surface area contributed by atoms with E-state index >= 15 is 0 Å². The van der Waals surface area contributed by atoms with E-state index in [9.17, 15) is 0 Å². The molecular formula is C14H21N. The van der Waals surface area contributed by atoms with E-state index in [-0.39, 0.29) is 0 Å². The highest BCUT2D eigenvalue weighted by Crippen LogP contribution is 2.27. The predicted molar refractivity (Wildman–Crippen MR) is 64.8 cm³/mol. The summed E-state index contributed by atoms with van der Waals surface area (Å²) < 4.78 is 0. The smallest absolute Gasteiger partial charge is 0.0320 e. The summed E-state index contributed by atoms with van der Waals surface area (Å²) in [6, 6.07) is 11.4. The maximum atomic E-state index is 3.67. The van der Waals surface area contributed by atoms with Crippen molar-refractivity contribution in [2.24, 2.45) is 5.92 Å². The monoisotopic (exact) mass is 203 g/mol. The van der Waals surface area contributed by atoms with Gasteiger partial charge in [0.15, 0.2) is 0 Å². The molecule has 15 heavy (non-hydrogen) atoms. The normalized spacial score (nSPS) is 26.5. The first-order chi connectivity index (χ1) is 7.40. The van der Waals surface area contributed by atoms with Gasteiger partial charge in [-0.2, -0.15) is 0 Å². The van der Waals surface area contributed by atoms with Crippen molar-refractivity contribution in [1.29, 1.82) is 0 Å². The number of benzene rings is 1. The van der Waals surface area contributed by atoms with Crippen LogP contribution in [-0.4, -0.2) is 6.54 Å². The van der Waals surface area contributed by atoms with Gasteiger partial charge in [-0.25, -0.2) is 0 Å². The number of rotatable bonds is 3. The van der Waals surface area contributed by atoms with Crippen LogP contribution in [0.1, 0.15) is 44.2 Å². The summed E-state index contributed by atoms with van der Waals surface area (Å²) in [4.78, 5) is 0. The molecule has 2 rings (SSSR count). The lowest BCUT2D eigenvalue weighted by molar-refractivity contribution is 0.299. The van der Waals surface area contributed by atoms with Crippen molar-refractivity contribution in [3.8, 4) is 0 Å². The van der Waals surface area contributed by atoms with Crippen LogP contribution in [0.3, 0.4) is 0 Å². The minimum atomic E-state index is 0.597. The van der Waals surface area contributed by atoms with E-state index in [1.807, 2.05) is 0 Å². The molecule has 2 unspecified atom stereocenters. The van der Waals surface area contributed by atoms with Crippen LogP contribution in [0.2, 0.25) is 0 Å². The highest BCUT2D eigenvalue weighted by Gasteiger charge is 2.20. The second-order valence-electron chi connectivity index (χ2n) is 4.60. The Kier molecular flexibility index (Phi) is 3.79. The zero-order valence-electron chi connectivity index (χ0n) is 9.58. The van der Waals surface area contributed by atoms with Crippen molar-refractivity contribution in [3.63, 3.8) is 0 Å². The molecule has 1 aromatic carbocycles. The van der Waals surface area contributed by atoms with Gasteiger partial charge in [0.05, 0.1) is 0 Å². The van der Waals surface area contributed by atoms with Crippen LogP contribution in [0.4, 0.5) is 0 Å². The molecule has 1 heterocycles. The average molecular weight is 203 g/mol. The lowest BCUT2D eigenvalue weighted by Gasteiger charge is -2.30.